The number of nitrogens with zero attached hydrogens (tertiary/aromatic N) is 1. The van der Waals surface area contributed by atoms with Crippen LogP contribution in [-0.4, -0.2) is 17.5 Å². The van der Waals surface area contributed by atoms with Crippen molar-refractivity contribution in [2.24, 2.45) is 5.41 Å². The molecule has 1 aliphatic rings. The van der Waals surface area contributed by atoms with E-state index in [9.17, 15) is 4.79 Å². The molecule has 1 aromatic carbocycles. The van der Waals surface area contributed by atoms with Crippen LogP contribution in [0.25, 0.3) is 10.9 Å². The molecule has 116 valence electrons. The van der Waals surface area contributed by atoms with Gasteiger partial charge in [0.25, 0.3) is 0 Å². The zero-order valence-electron chi connectivity index (χ0n) is 13.2. The third kappa shape index (κ3) is 2.65. The topological polar surface area (TPSA) is 51.2 Å². The summed E-state index contributed by atoms with van der Waals surface area (Å²) in [5.41, 5.74) is 1.36. The number of hydrogen-bond acceptors (Lipinski definition) is 3. The lowest BCUT2D eigenvalue weighted by Gasteiger charge is -2.23. The number of amides is 1. The Hall–Kier alpha value is -2.10. The highest BCUT2D eigenvalue weighted by molar-refractivity contribution is 6.04. The summed E-state index contributed by atoms with van der Waals surface area (Å²) in [6.45, 7) is 4.60. The average molecular weight is 298 g/mol. The molecule has 1 N–H and O–H groups in total. The van der Waals surface area contributed by atoms with Crippen LogP contribution in [0, 0.1) is 5.41 Å². The molecular weight excluding hydrogens is 276 g/mol. The zero-order valence-corrected chi connectivity index (χ0v) is 13.2. The molecule has 4 nitrogen and oxygen atoms in total. The van der Waals surface area contributed by atoms with Gasteiger partial charge < -0.3 is 10.1 Å². The van der Waals surface area contributed by atoms with Gasteiger partial charge in [0.15, 0.2) is 0 Å². The van der Waals surface area contributed by atoms with E-state index in [1.54, 1.807) is 6.20 Å². The van der Waals surface area contributed by atoms with Crippen molar-refractivity contribution in [1.29, 1.82) is 0 Å². The fourth-order valence-electron chi connectivity index (χ4n) is 3.18. The molecule has 0 radical (unpaired) electrons. The molecule has 1 fully saturated rings. The summed E-state index contributed by atoms with van der Waals surface area (Å²) in [5, 5.41) is 4.02. The summed E-state index contributed by atoms with van der Waals surface area (Å²) in [4.78, 5) is 17.0. The molecule has 3 rings (SSSR count). The number of hydrogen-bond donors (Lipinski definition) is 1. The first-order chi connectivity index (χ1) is 10.6. The maximum atomic E-state index is 12.6. The Morgan fingerprint density at radius 3 is 2.82 bits per heavy atom. The minimum absolute atomic E-state index is 0.110. The van der Waals surface area contributed by atoms with Gasteiger partial charge in [0, 0.05) is 17.0 Å². The van der Waals surface area contributed by atoms with Gasteiger partial charge in [-0.15, -0.1) is 0 Å². The Balaban J connectivity index is 1.94. The van der Waals surface area contributed by atoms with Gasteiger partial charge in [-0.05, 0) is 44.0 Å². The average Bonchev–Trinajstić information content (AvgIpc) is 2.98. The first-order valence-corrected chi connectivity index (χ1v) is 7.96. The predicted octanol–water partition coefficient (Wildman–Crippen LogP) is 4.15. The van der Waals surface area contributed by atoms with Crippen LogP contribution < -0.4 is 10.1 Å². The largest absolute Gasteiger partial charge is 0.492 e. The van der Waals surface area contributed by atoms with E-state index in [4.69, 9.17) is 4.74 Å². The van der Waals surface area contributed by atoms with E-state index in [2.05, 4.69) is 17.2 Å². The molecule has 1 aliphatic carbocycles. The van der Waals surface area contributed by atoms with E-state index in [1.807, 2.05) is 31.2 Å². The number of anilines is 1. The molecule has 22 heavy (non-hydrogen) atoms. The number of carbonyl (C=O) groups is 1. The van der Waals surface area contributed by atoms with Gasteiger partial charge in [-0.1, -0.05) is 19.8 Å². The molecule has 0 aliphatic heterocycles. The lowest BCUT2D eigenvalue weighted by Crippen LogP contribution is -2.30. The highest BCUT2D eigenvalue weighted by atomic mass is 16.5. The van der Waals surface area contributed by atoms with Gasteiger partial charge in [0.1, 0.15) is 11.3 Å². The number of carbonyl (C=O) groups excluding carboxylic acids is 1. The van der Waals surface area contributed by atoms with Crippen molar-refractivity contribution in [2.75, 3.05) is 11.9 Å². The summed E-state index contributed by atoms with van der Waals surface area (Å²) in [5.74, 6) is 0.863. The Kier molecular flexibility index (Phi) is 4.01. The van der Waals surface area contributed by atoms with Gasteiger partial charge in [-0.3, -0.25) is 9.78 Å². The molecule has 0 bridgehead atoms. The van der Waals surface area contributed by atoms with Gasteiger partial charge in [0.05, 0.1) is 12.3 Å². The smallest absolute Gasteiger partial charge is 0.230 e. The van der Waals surface area contributed by atoms with Crippen molar-refractivity contribution in [3.8, 4) is 5.75 Å². The van der Waals surface area contributed by atoms with Crippen LogP contribution in [0.5, 0.6) is 5.75 Å². The Labute approximate surface area is 130 Å². The van der Waals surface area contributed by atoms with Gasteiger partial charge in [0.2, 0.25) is 5.91 Å². The SMILES string of the molecule is CCOc1ccc(NC(=O)C2(C)CCCC2)c2cccnc12. The highest BCUT2D eigenvalue weighted by Crippen LogP contribution is 2.39. The number of pyridine rings is 1. The van der Waals surface area contributed by atoms with E-state index < -0.39 is 0 Å². The number of benzene rings is 1. The van der Waals surface area contributed by atoms with Gasteiger partial charge in [-0.25, -0.2) is 0 Å². The Morgan fingerprint density at radius 1 is 1.32 bits per heavy atom. The van der Waals surface area contributed by atoms with E-state index in [-0.39, 0.29) is 11.3 Å². The van der Waals surface area contributed by atoms with Crippen molar-refractivity contribution in [3.05, 3.63) is 30.5 Å². The van der Waals surface area contributed by atoms with E-state index in [0.717, 1.165) is 48.0 Å². The van der Waals surface area contributed by atoms with Crippen molar-refractivity contribution < 1.29 is 9.53 Å². The van der Waals surface area contributed by atoms with Gasteiger partial charge >= 0.3 is 0 Å². The second-order valence-corrected chi connectivity index (χ2v) is 6.17. The fraction of sp³-hybridized carbons (Fsp3) is 0.444. The van der Waals surface area contributed by atoms with E-state index >= 15 is 0 Å². The Bertz CT molecular complexity index is 691. The first kappa shape index (κ1) is 14.8. The molecule has 1 amide bonds. The molecular formula is C18H22N2O2. The first-order valence-electron chi connectivity index (χ1n) is 7.96. The number of nitrogens with one attached hydrogen (secondary N) is 1. The molecule has 1 aromatic heterocycles. The van der Waals surface area contributed by atoms with Crippen LogP contribution in [0.1, 0.15) is 39.5 Å². The van der Waals surface area contributed by atoms with Crippen LogP contribution in [0.2, 0.25) is 0 Å². The number of ether oxygens (including phenoxy) is 1. The minimum Gasteiger partial charge on any atom is -0.492 e. The second-order valence-electron chi connectivity index (χ2n) is 6.17. The third-order valence-electron chi connectivity index (χ3n) is 4.54. The van der Waals surface area contributed by atoms with Crippen molar-refractivity contribution in [3.63, 3.8) is 0 Å². The number of fused-ring (bicyclic) bond motifs is 1. The maximum absolute atomic E-state index is 12.6. The lowest BCUT2D eigenvalue weighted by atomic mass is 9.87. The normalized spacial score (nSPS) is 16.6. The zero-order chi connectivity index (χ0) is 15.6. The quantitative estimate of drug-likeness (QED) is 0.922. The van der Waals surface area contributed by atoms with Crippen molar-refractivity contribution in [1.82, 2.24) is 4.98 Å². The Morgan fingerprint density at radius 2 is 2.09 bits per heavy atom. The summed E-state index contributed by atoms with van der Waals surface area (Å²) in [6.07, 6.45) is 5.94. The van der Waals surface area contributed by atoms with Crippen molar-refractivity contribution in [2.45, 2.75) is 39.5 Å². The molecule has 1 heterocycles. The van der Waals surface area contributed by atoms with Crippen LogP contribution >= 0.6 is 0 Å². The molecule has 0 spiro atoms. The number of aromatic nitrogens is 1. The van der Waals surface area contributed by atoms with E-state index in [1.165, 1.54) is 0 Å². The van der Waals surface area contributed by atoms with Crippen LogP contribution in [0.3, 0.4) is 0 Å². The molecule has 0 saturated heterocycles. The predicted molar refractivity (Wildman–Crippen MR) is 88.1 cm³/mol. The van der Waals surface area contributed by atoms with Gasteiger partial charge in [-0.2, -0.15) is 0 Å². The molecule has 4 heteroatoms. The molecule has 0 unspecified atom stereocenters. The van der Waals surface area contributed by atoms with Crippen LogP contribution in [0.4, 0.5) is 5.69 Å². The van der Waals surface area contributed by atoms with Crippen LogP contribution in [-0.2, 0) is 4.79 Å². The second kappa shape index (κ2) is 5.95. The maximum Gasteiger partial charge on any atom is 0.230 e. The van der Waals surface area contributed by atoms with E-state index in [0.29, 0.717) is 6.61 Å². The summed E-state index contributed by atoms with van der Waals surface area (Å²) >= 11 is 0. The monoisotopic (exact) mass is 298 g/mol. The minimum atomic E-state index is -0.243. The molecule has 1 saturated carbocycles. The van der Waals surface area contributed by atoms with Crippen LogP contribution in [0.15, 0.2) is 30.5 Å². The lowest BCUT2D eigenvalue weighted by molar-refractivity contribution is -0.124. The highest BCUT2D eigenvalue weighted by Gasteiger charge is 2.36. The summed E-state index contributed by atoms with van der Waals surface area (Å²) < 4.78 is 5.62. The summed E-state index contributed by atoms with van der Waals surface area (Å²) in [7, 11) is 0. The fourth-order valence-corrected chi connectivity index (χ4v) is 3.18. The van der Waals surface area contributed by atoms with Crippen molar-refractivity contribution >= 4 is 22.5 Å². The number of rotatable bonds is 4. The summed E-state index contributed by atoms with van der Waals surface area (Å²) in [6, 6.07) is 7.64. The third-order valence-corrected chi connectivity index (χ3v) is 4.54. The molecule has 2 aromatic rings. The standard InChI is InChI=1S/C18H22N2O2/c1-3-22-15-9-8-14(13-7-6-12-19-16(13)15)20-17(21)18(2)10-4-5-11-18/h6-9,12H,3-5,10-11H2,1-2H3,(H,20,21). The molecule has 0 atom stereocenters.